The highest BCUT2D eigenvalue weighted by atomic mass is 32.2. The summed E-state index contributed by atoms with van der Waals surface area (Å²) >= 11 is 0. The van der Waals surface area contributed by atoms with Gasteiger partial charge in [-0.2, -0.15) is 4.31 Å². The molecular weight excluding hydrogens is 371 g/mol. The summed E-state index contributed by atoms with van der Waals surface area (Å²) in [6, 6.07) is 5.94. The van der Waals surface area contributed by atoms with Gasteiger partial charge in [0.2, 0.25) is 15.9 Å². The number of hydrogen-bond acceptors (Lipinski definition) is 4. The Hall–Kier alpha value is -1.51. The van der Waals surface area contributed by atoms with Crippen LogP contribution in [-0.2, 0) is 26.1 Å². The van der Waals surface area contributed by atoms with Crippen LogP contribution in [0.5, 0.6) is 0 Å². The van der Waals surface area contributed by atoms with Crippen molar-refractivity contribution in [3.05, 3.63) is 35.6 Å². The summed E-state index contributed by atoms with van der Waals surface area (Å²) in [5.74, 6) is -0.902. The molecule has 1 N–H and O–H groups in total. The van der Waals surface area contributed by atoms with Gasteiger partial charge < -0.3 is 10.1 Å². The molecule has 27 heavy (non-hydrogen) atoms. The van der Waals surface area contributed by atoms with Crippen LogP contribution in [0.15, 0.2) is 24.3 Å². The van der Waals surface area contributed by atoms with Crippen molar-refractivity contribution in [3.8, 4) is 0 Å². The number of hydrogen-bond donors (Lipinski definition) is 1. The molecule has 0 bridgehead atoms. The predicted molar refractivity (Wildman–Crippen MR) is 102 cm³/mol. The zero-order chi connectivity index (χ0) is 19.7. The summed E-state index contributed by atoms with van der Waals surface area (Å²) in [4.78, 5) is 12.1. The average Bonchev–Trinajstić information content (AvgIpc) is 2.62. The number of carbonyl (C=O) groups excluding carboxylic acids is 1. The van der Waals surface area contributed by atoms with Gasteiger partial charge in [0.25, 0.3) is 0 Å². The van der Waals surface area contributed by atoms with Gasteiger partial charge in [0.1, 0.15) is 5.82 Å². The van der Waals surface area contributed by atoms with Gasteiger partial charge in [0.05, 0.1) is 18.9 Å². The molecule has 8 heteroatoms. The Morgan fingerprint density at radius 3 is 2.63 bits per heavy atom. The Labute approximate surface area is 161 Å². The van der Waals surface area contributed by atoms with E-state index in [1.54, 1.807) is 6.07 Å². The Morgan fingerprint density at radius 2 is 1.96 bits per heavy atom. The molecular formula is C19H29FN2O4S. The highest BCUT2D eigenvalue weighted by Gasteiger charge is 2.21. The third-order valence-electron chi connectivity index (χ3n) is 4.64. The predicted octanol–water partition coefficient (Wildman–Crippen LogP) is 2.44. The van der Waals surface area contributed by atoms with Gasteiger partial charge >= 0.3 is 0 Å². The molecule has 0 heterocycles. The fraction of sp³-hybridized carbons (Fsp3) is 0.632. The van der Waals surface area contributed by atoms with Crippen molar-refractivity contribution in [1.29, 1.82) is 0 Å². The first-order chi connectivity index (χ1) is 12.9. The zero-order valence-electron chi connectivity index (χ0n) is 15.8. The highest BCUT2D eigenvalue weighted by molar-refractivity contribution is 7.88. The summed E-state index contributed by atoms with van der Waals surface area (Å²) in [7, 11) is -3.64. The van der Waals surface area contributed by atoms with Crippen LogP contribution < -0.4 is 5.32 Å². The summed E-state index contributed by atoms with van der Waals surface area (Å²) in [6.07, 6.45) is 7.93. The van der Waals surface area contributed by atoms with Crippen molar-refractivity contribution >= 4 is 15.9 Å². The van der Waals surface area contributed by atoms with Gasteiger partial charge in [0, 0.05) is 25.3 Å². The molecule has 1 saturated carbocycles. The quantitative estimate of drug-likeness (QED) is 0.612. The van der Waals surface area contributed by atoms with Crippen LogP contribution in [-0.4, -0.2) is 50.7 Å². The van der Waals surface area contributed by atoms with Crippen molar-refractivity contribution < 1.29 is 22.3 Å². The molecule has 0 radical (unpaired) electrons. The molecule has 0 atom stereocenters. The van der Waals surface area contributed by atoms with E-state index in [2.05, 4.69) is 5.32 Å². The van der Waals surface area contributed by atoms with Crippen molar-refractivity contribution in [2.75, 3.05) is 26.0 Å². The Bertz CT molecular complexity index is 705. The van der Waals surface area contributed by atoms with E-state index in [-0.39, 0.29) is 18.7 Å². The van der Waals surface area contributed by atoms with Crippen LogP contribution in [0, 0.1) is 5.82 Å². The molecule has 1 fully saturated rings. The summed E-state index contributed by atoms with van der Waals surface area (Å²) < 4.78 is 44.4. The van der Waals surface area contributed by atoms with Crippen molar-refractivity contribution in [3.63, 3.8) is 0 Å². The molecule has 6 nitrogen and oxygen atoms in total. The average molecular weight is 401 g/mol. The van der Waals surface area contributed by atoms with Gasteiger partial charge in [-0.25, -0.2) is 12.8 Å². The number of rotatable bonds is 10. The Kier molecular flexibility index (Phi) is 8.66. The van der Waals surface area contributed by atoms with Crippen molar-refractivity contribution in [2.24, 2.45) is 0 Å². The maximum Gasteiger partial charge on any atom is 0.235 e. The molecule has 152 valence electrons. The minimum atomic E-state index is -3.64. The first-order valence-corrected chi connectivity index (χ1v) is 11.3. The highest BCUT2D eigenvalue weighted by Crippen LogP contribution is 2.20. The van der Waals surface area contributed by atoms with Crippen LogP contribution in [0.4, 0.5) is 4.39 Å². The number of amides is 1. The number of halogens is 1. The van der Waals surface area contributed by atoms with Gasteiger partial charge in [-0.1, -0.05) is 37.5 Å². The van der Waals surface area contributed by atoms with Crippen molar-refractivity contribution in [1.82, 2.24) is 9.62 Å². The second-order valence-electron chi connectivity index (χ2n) is 6.96. The number of carbonyl (C=O) groups is 1. The molecule has 1 aliphatic carbocycles. The van der Waals surface area contributed by atoms with E-state index in [0.29, 0.717) is 25.7 Å². The standard InChI is InChI=1S/C19H29FN2O4S/c1-27(24,25)22(14-16-8-5-6-11-18(16)20)15-19(23)21-12-7-13-26-17-9-3-2-4-10-17/h5-6,8,11,17H,2-4,7,9-10,12-15H2,1H3,(H,21,23). The topological polar surface area (TPSA) is 75.7 Å². The molecule has 0 aromatic heterocycles. The fourth-order valence-electron chi connectivity index (χ4n) is 3.10. The van der Waals surface area contributed by atoms with Gasteiger partial charge in [-0.05, 0) is 25.3 Å². The fourth-order valence-corrected chi connectivity index (χ4v) is 3.83. The van der Waals surface area contributed by atoms with E-state index in [1.807, 2.05) is 0 Å². The summed E-state index contributed by atoms with van der Waals surface area (Å²) in [6.45, 7) is 0.485. The monoisotopic (exact) mass is 400 g/mol. The molecule has 1 amide bonds. The molecule has 1 aromatic carbocycles. The van der Waals surface area contributed by atoms with Crippen LogP contribution in [0.2, 0.25) is 0 Å². The second-order valence-corrected chi connectivity index (χ2v) is 8.94. The van der Waals surface area contributed by atoms with E-state index < -0.39 is 21.7 Å². The van der Waals surface area contributed by atoms with Crippen molar-refractivity contribution in [2.45, 2.75) is 51.2 Å². The molecule has 2 rings (SSSR count). The molecule has 0 saturated heterocycles. The number of ether oxygens (including phenoxy) is 1. The van der Waals surface area contributed by atoms with E-state index >= 15 is 0 Å². The lowest BCUT2D eigenvalue weighted by Gasteiger charge is -2.22. The lowest BCUT2D eigenvalue weighted by Crippen LogP contribution is -2.40. The molecule has 1 aromatic rings. The van der Waals surface area contributed by atoms with E-state index in [4.69, 9.17) is 4.74 Å². The van der Waals surface area contributed by atoms with Gasteiger partial charge in [-0.3, -0.25) is 4.79 Å². The number of nitrogens with one attached hydrogen (secondary N) is 1. The van der Waals surface area contributed by atoms with Crippen LogP contribution in [0.1, 0.15) is 44.1 Å². The maximum atomic E-state index is 13.8. The minimum Gasteiger partial charge on any atom is -0.378 e. The normalized spacial score (nSPS) is 15.8. The smallest absolute Gasteiger partial charge is 0.235 e. The largest absolute Gasteiger partial charge is 0.378 e. The first-order valence-electron chi connectivity index (χ1n) is 9.43. The molecule has 0 aliphatic heterocycles. The maximum absolute atomic E-state index is 13.8. The molecule has 1 aliphatic rings. The lowest BCUT2D eigenvalue weighted by molar-refractivity contribution is -0.121. The van der Waals surface area contributed by atoms with E-state index in [9.17, 15) is 17.6 Å². The minimum absolute atomic E-state index is 0.177. The number of sulfonamides is 1. The second kappa shape index (κ2) is 10.7. The summed E-state index contributed by atoms with van der Waals surface area (Å²) in [5, 5.41) is 2.70. The number of nitrogens with zero attached hydrogens (tertiary/aromatic N) is 1. The SMILES string of the molecule is CS(=O)(=O)N(CC(=O)NCCCOC1CCCCC1)Cc1ccccc1F. The molecule has 0 unspecified atom stereocenters. The Morgan fingerprint density at radius 1 is 1.26 bits per heavy atom. The summed E-state index contributed by atoms with van der Waals surface area (Å²) in [5.41, 5.74) is 0.233. The lowest BCUT2D eigenvalue weighted by atomic mass is 9.98. The Balaban J connectivity index is 1.74. The molecule has 0 spiro atoms. The zero-order valence-corrected chi connectivity index (χ0v) is 16.6. The third kappa shape index (κ3) is 7.94. The van der Waals surface area contributed by atoms with Crippen LogP contribution in [0.25, 0.3) is 0 Å². The third-order valence-corrected chi connectivity index (χ3v) is 5.84. The van der Waals surface area contributed by atoms with Gasteiger partial charge in [0.15, 0.2) is 0 Å². The van der Waals surface area contributed by atoms with E-state index in [0.717, 1.165) is 23.4 Å². The number of benzene rings is 1. The van der Waals surface area contributed by atoms with Gasteiger partial charge in [-0.15, -0.1) is 0 Å². The first kappa shape index (κ1) is 21.8. The van der Waals surface area contributed by atoms with Crippen LogP contribution in [0.3, 0.4) is 0 Å². The van der Waals surface area contributed by atoms with E-state index in [1.165, 1.54) is 37.5 Å². The van der Waals surface area contributed by atoms with Crippen LogP contribution >= 0.6 is 0 Å².